The lowest BCUT2D eigenvalue weighted by Crippen LogP contribution is -2.47. The van der Waals surface area contributed by atoms with Gasteiger partial charge in [0.05, 0.1) is 4.92 Å². The molecular formula is C21H22N6O4S. The van der Waals surface area contributed by atoms with Crippen LogP contribution in [0.1, 0.15) is 22.3 Å². The third kappa shape index (κ3) is 5.91. The molecule has 2 aromatic heterocycles. The number of amides is 2. The third-order valence-electron chi connectivity index (χ3n) is 4.59. The molecule has 0 radical (unpaired) electrons. The molecular weight excluding hydrogens is 432 g/mol. The Morgan fingerprint density at radius 3 is 2.78 bits per heavy atom. The molecule has 166 valence electrons. The van der Waals surface area contributed by atoms with E-state index in [1.165, 1.54) is 24.3 Å². The van der Waals surface area contributed by atoms with Crippen molar-refractivity contribution in [3.8, 4) is 5.82 Å². The summed E-state index contributed by atoms with van der Waals surface area (Å²) in [5.41, 5.74) is 0.693. The first-order chi connectivity index (χ1) is 15.5. The van der Waals surface area contributed by atoms with Gasteiger partial charge < -0.3 is 10.6 Å². The molecule has 1 aromatic carbocycles. The summed E-state index contributed by atoms with van der Waals surface area (Å²) in [5, 5.41) is 20.7. The Hall–Kier alpha value is -3.73. The van der Waals surface area contributed by atoms with Gasteiger partial charge in [-0.1, -0.05) is 12.1 Å². The molecule has 3 rings (SSSR count). The van der Waals surface area contributed by atoms with E-state index in [2.05, 4.69) is 20.7 Å². The van der Waals surface area contributed by atoms with Crippen LogP contribution in [-0.2, 0) is 11.3 Å². The molecule has 2 N–H and O–H groups in total. The summed E-state index contributed by atoms with van der Waals surface area (Å²) >= 11 is 1.55. The number of rotatable bonds is 10. The Labute approximate surface area is 188 Å². The highest BCUT2D eigenvalue weighted by Gasteiger charge is 2.22. The number of nitrogens with zero attached hydrogens (tertiary/aromatic N) is 4. The van der Waals surface area contributed by atoms with Crippen molar-refractivity contribution < 1.29 is 14.5 Å². The molecule has 0 bridgehead atoms. The van der Waals surface area contributed by atoms with E-state index in [0.717, 1.165) is 5.56 Å². The lowest BCUT2D eigenvalue weighted by Gasteiger charge is -2.19. The van der Waals surface area contributed by atoms with E-state index in [1.807, 2.05) is 12.3 Å². The van der Waals surface area contributed by atoms with Crippen LogP contribution in [0.15, 0.2) is 61.1 Å². The minimum Gasteiger partial charge on any atom is -0.350 e. The predicted octanol–water partition coefficient (Wildman–Crippen LogP) is 2.34. The first-order valence-electron chi connectivity index (χ1n) is 9.75. The number of thioether (sulfide) groups is 1. The highest BCUT2D eigenvalue weighted by molar-refractivity contribution is 7.98. The zero-order valence-electron chi connectivity index (χ0n) is 17.3. The molecule has 32 heavy (non-hydrogen) atoms. The van der Waals surface area contributed by atoms with Crippen molar-refractivity contribution in [2.75, 3.05) is 12.0 Å². The Morgan fingerprint density at radius 1 is 1.22 bits per heavy atom. The van der Waals surface area contributed by atoms with E-state index in [0.29, 0.717) is 18.0 Å². The SMILES string of the molecule is CSCCC(NC(=O)c1cccc([N+](=O)[O-])c1)C(=O)NCc1cccnc1-n1cccn1. The van der Waals surface area contributed by atoms with E-state index in [1.54, 1.807) is 47.2 Å². The highest BCUT2D eigenvalue weighted by atomic mass is 32.2. The molecule has 0 saturated carbocycles. The minimum atomic E-state index is -0.793. The third-order valence-corrected chi connectivity index (χ3v) is 5.24. The van der Waals surface area contributed by atoms with Gasteiger partial charge in [0.25, 0.3) is 11.6 Å². The van der Waals surface area contributed by atoms with Crippen LogP contribution in [0.3, 0.4) is 0 Å². The summed E-state index contributed by atoms with van der Waals surface area (Å²) in [6.07, 6.45) is 7.35. The fourth-order valence-electron chi connectivity index (χ4n) is 2.98. The smallest absolute Gasteiger partial charge is 0.270 e. The van der Waals surface area contributed by atoms with Gasteiger partial charge >= 0.3 is 0 Å². The van der Waals surface area contributed by atoms with Gasteiger partial charge in [-0.25, -0.2) is 9.67 Å². The number of aromatic nitrogens is 3. The van der Waals surface area contributed by atoms with Gasteiger partial charge in [-0.3, -0.25) is 19.7 Å². The van der Waals surface area contributed by atoms with Crippen molar-refractivity contribution in [3.63, 3.8) is 0 Å². The molecule has 10 nitrogen and oxygen atoms in total. The van der Waals surface area contributed by atoms with Crippen molar-refractivity contribution in [3.05, 3.63) is 82.3 Å². The molecule has 0 aliphatic heterocycles. The van der Waals surface area contributed by atoms with Gasteiger partial charge in [0.2, 0.25) is 5.91 Å². The van der Waals surface area contributed by atoms with Crippen LogP contribution in [0.5, 0.6) is 0 Å². The number of carbonyl (C=O) groups excluding carboxylic acids is 2. The van der Waals surface area contributed by atoms with Crippen LogP contribution in [0.2, 0.25) is 0 Å². The first-order valence-corrected chi connectivity index (χ1v) is 11.1. The number of hydrogen-bond donors (Lipinski definition) is 2. The Morgan fingerprint density at radius 2 is 2.06 bits per heavy atom. The van der Waals surface area contributed by atoms with Crippen LogP contribution in [0.25, 0.3) is 5.82 Å². The normalized spacial score (nSPS) is 11.5. The van der Waals surface area contributed by atoms with Crippen molar-refractivity contribution >= 4 is 29.3 Å². The van der Waals surface area contributed by atoms with Gasteiger partial charge in [0, 0.05) is 48.4 Å². The number of benzene rings is 1. The highest BCUT2D eigenvalue weighted by Crippen LogP contribution is 2.14. The second-order valence-corrected chi connectivity index (χ2v) is 7.76. The number of nitrogens with one attached hydrogen (secondary N) is 2. The van der Waals surface area contributed by atoms with E-state index >= 15 is 0 Å². The maximum Gasteiger partial charge on any atom is 0.270 e. The van der Waals surface area contributed by atoms with Crippen LogP contribution in [0, 0.1) is 10.1 Å². The van der Waals surface area contributed by atoms with Crippen LogP contribution >= 0.6 is 11.8 Å². The molecule has 0 fully saturated rings. The van der Waals surface area contributed by atoms with Crippen molar-refractivity contribution in [1.29, 1.82) is 0 Å². The van der Waals surface area contributed by atoms with Gasteiger partial charge in [-0.2, -0.15) is 16.9 Å². The summed E-state index contributed by atoms with van der Waals surface area (Å²) in [6, 6.07) is 9.98. The molecule has 0 spiro atoms. The zero-order valence-corrected chi connectivity index (χ0v) is 18.1. The summed E-state index contributed by atoms with van der Waals surface area (Å²) in [5.74, 6) is 0.347. The molecule has 0 saturated heterocycles. The summed E-state index contributed by atoms with van der Waals surface area (Å²) in [4.78, 5) is 40.2. The van der Waals surface area contributed by atoms with Gasteiger partial charge in [-0.05, 0) is 36.6 Å². The number of hydrogen-bond acceptors (Lipinski definition) is 7. The van der Waals surface area contributed by atoms with Crippen LogP contribution < -0.4 is 10.6 Å². The molecule has 1 atom stereocenters. The second kappa shape index (κ2) is 11.0. The van der Waals surface area contributed by atoms with E-state index in [-0.39, 0.29) is 23.7 Å². The molecule has 11 heteroatoms. The lowest BCUT2D eigenvalue weighted by atomic mass is 10.1. The Bertz CT molecular complexity index is 1090. The van der Waals surface area contributed by atoms with E-state index in [4.69, 9.17) is 0 Å². The van der Waals surface area contributed by atoms with E-state index in [9.17, 15) is 19.7 Å². The van der Waals surface area contributed by atoms with Crippen molar-refractivity contribution in [1.82, 2.24) is 25.4 Å². The summed E-state index contributed by atoms with van der Waals surface area (Å²) in [6.45, 7) is 0.199. The monoisotopic (exact) mass is 454 g/mol. The first kappa shape index (κ1) is 22.9. The average Bonchev–Trinajstić information content (AvgIpc) is 3.35. The fourth-order valence-corrected chi connectivity index (χ4v) is 3.45. The van der Waals surface area contributed by atoms with Crippen LogP contribution in [-0.4, -0.2) is 49.6 Å². The molecule has 0 aliphatic rings. The number of pyridine rings is 1. The Kier molecular flexibility index (Phi) is 7.92. The number of non-ortho nitro benzene ring substituents is 1. The lowest BCUT2D eigenvalue weighted by molar-refractivity contribution is -0.384. The van der Waals surface area contributed by atoms with Crippen LogP contribution in [0.4, 0.5) is 5.69 Å². The average molecular weight is 455 g/mol. The fraction of sp³-hybridized carbons (Fsp3) is 0.238. The van der Waals surface area contributed by atoms with Gasteiger partial charge in [0.15, 0.2) is 5.82 Å². The van der Waals surface area contributed by atoms with Crippen molar-refractivity contribution in [2.24, 2.45) is 0 Å². The quantitative estimate of drug-likeness (QED) is 0.355. The standard InChI is InChI=1S/C21H22N6O4S/c1-32-12-8-18(25-20(28)15-5-2-7-17(13-15)27(30)31)21(29)23-14-16-6-3-9-22-19(16)26-11-4-10-24-26/h2-7,9-11,13,18H,8,12,14H2,1H3,(H,23,29)(H,25,28). The molecule has 1 unspecified atom stereocenters. The topological polar surface area (TPSA) is 132 Å². The number of nitro benzene ring substituents is 1. The van der Waals surface area contributed by atoms with Gasteiger partial charge in [-0.15, -0.1) is 0 Å². The molecule has 0 aliphatic carbocycles. The number of carbonyl (C=O) groups is 2. The summed E-state index contributed by atoms with van der Waals surface area (Å²) < 4.78 is 1.61. The molecule has 3 aromatic rings. The minimum absolute atomic E-state index is 0.120. The zero-order chi connectivity index (χ0) is 22.9. The maximum absolute atomic E-state index is 12.9. The maximum atomic E-state index is 12.9. The predicted molar refractivity (Wildman–Crippen MR) is 121 cm³/mol. The Balaban J connectivity index is 1.70. The second-order valence-electron chi connectivity index (χ2n) is 6.77. The molecule has 2 heterocycles. The number of nitro groups is 1. The molecule has 2 amide bonds. The largest absolute Gasteiger partial charge is 0.350 e. The summed E-state index contributed by atoms with van der Waals surface area (Å²) in [7, 11) is 0. The van der Waals surface area contributed by atoms with Gasteiger partial charge in [0.1, 0.15) is 6.04 Å². The van der Waals surface area contributed by atoms with Crippen molar-refractivity contribution in [2.45, 2.75) is 19.0 Å². The van der Waals surface area contributed by atoms with E-state index < -0.39 is 16.9 Å².